The Morgan fingerprint density at radius 1 is 1.26 bits per heavy atom. The molecule has 0 bridgehead atoms. The summed E-state index contributed by atoms with van der Waals surface area (Å²) in [5, 5.41) is 3.56. The summed E-state index contributed by atoms with van der Waals surface area (Å²) in [6, 6.07) is 9.05. The Morgan fingerprint density at radius 3 is 2.59 bits per heavy atom. The van der Waals surface area contributed by atoms with Crippen molar-refractivity contribution in [2.45, 2.75) is 31.7 Å². The van der Waals surface area contributed by atoms with Gasteiger partial charge in [0.2, 0.25) is 0 Å². The van der Waals surface area contributed by atoms with Gasteiger partial charge in [0.05, 0.1) is 7.11 Å². The van der Waals surface area contributed by atoms with E-state index in [1.807, 2.05) is 19.2 Å². The second-order valence-electron chi connectivity index (χ2n) is 7.25. The molecule has 0 aliphatic carbocycles. The lowest BCUT2D eigenvalue weighted by Gasteiger charge is -2.25. The van der Waals surface area contributed by atoms with E-state index in [0.29, 0.717) is 12.0 Å². The number of ether oxygens (including phenoxy) is 1. The molecule has 0 saturated carbocycles. The summed E-state index contributed by atoms with van der Waals surface area (Å²) in [6.45, 7) is 7.59. The van der Waals surface area contributed by atoms with Gasteiger partial charge in [-0.1, -0.05) is 31.2 Å². The molecule has 5 nitrogen and oxygen atoms in total. The minimum absolute atomic E-state index is 0. The van der Waals surface area contributed by atoms with Crippen molar-refractivity contribution in [1.82, 2.24) is 15.1 Å². The predicted octanol–water partition coefficient (Wildman–Crippen LogP) is 3.33. The summed E-state index contributed by atoms with van der Waals surface area (Å²) in [7, 11) is 3.59. The molecule has 27 heavy (non-hydrogen) atoms. The average molecular weight is 484 g/mol. The predicted molar refractivity (Wildman–Crippen MR) is 123 cm³/mol. The van der Waals surface area contributed by atoms with E-state index in [1.54, 1.807) is 7.11 Å². The van der Waals surface area contributed by atoms with Gasteiger partial charge in [-0.3, -0.25) is 9.89 Å². The molecule has 1 aromatic rings. The first-order chi connectivity index (χ1) is 12.7. The molecule has 0 radical (unpaired) electrons. The van der Waals surface area contributed by atoms with Gasteiger partial charge < -0.3 is 15.0 Å². The van der Waals surface area contributed by atoms with Crippen molar-refractivity contribution in [2.24, 2.45) is 4.99 Å². The third-order valence-corrected chi connectivity index (χ3v) is 5.58. The molecule has 1 N–H and O–H groups in total. The van der Waals surface area contributed by atoms with E-state index >= 15 is 0 Å². The van der Waals surface area contributed by atoms with Gasteiger partial charge in [-0.05, 0) is 36.5 Å². The summed E-state index contributed by atoms with van der Waals surface area (Å²) in [5.41, 5.74) is 1.35. The number of rotatable bonds is 6. The minimum atomic E-state index is 0. The molecular formula is C21H33IN4O. The van der Waals surface area contributed by atoms with Crippen LogP contribution < -0.4 is 10.1 Å². The fourth-order valence-electron chi connectivity index (χ4n) is 3.86. The van der Waals surface area contributed by atoms with Crippen LogP contribution in [0.4, 0.5) is 0 Å². The van der Waals surface area contributed by atoms with Gasteiger partial charge >= 0.3 is 0 Å². The quantitative estimate of drug-likeness (QED) is 0.291. The number of methoxy groups -OCH3 is 1. The number of hydrogen-bond acceptors (Lipinski definition) is 3. The van der Waals surface area contributed by atoms with E-state index in [2.05, 4.69) is 51.3 Å². The van der Waals surface area contributed by atoms with Gasteiger partial charge in [-0.25, -0.2) is 0 Å². The van der Waals surface area contributed by atoms with E-state index in [4.69, 9.17) is 4.74 Å². The van der Waals surface area contributed by atoms with Crippen LogP contribution in [-0.4, -0.2) is 68.7 Å². The standard InChI is InChI=1S/C21H32N4O.HI/c1-17(18-6-8-20(26-3)9-7-18)10-12-23-21(22-2)25-15-11-19(16-25)24-13-4-5-14-24;/h4-9,17,19H,10-16H2,1-3H3,(H,22,23);1H. The molecule has 1 saturated heterocycles. The lowest BCUT2D eigenvalue weighted by Crippen LogP contribution is -2.43. The fourth-order valence-corrected chi connectivity index (χ4v) is 3.86. The van der Waals surface area contributed by atoms with Gasteiger partial charge in [0, 0.05) is 45.8 Å². The van der Waals surface area contributed by atoms with Crippen LogP contribution in [0.1, 0.15) is 31.2 Å². The van der Waals surface area contributed by atoms with E-state index in [-0.39, 0.29) is 24.0 Å². The maximum Gasteiger partial charge on any atom is 0.193 e. The van der Waals surface area contributed by atoms with Gasteiger partial charge in [0.1, 0.15) is 5.75 Å². The number of guanidine groups is 1. The topological polar surface area (TPSA) is 40.1 Å². The third-order valence-electron chi connectivity index (χ3n) is 5.58. The van der Waals surface area contributed by atoms with Crippen LogP contribution in [0.5, 0.6) is 5.75 Å². The molecule has 6 heteroatoms. The zero-order chi connectivity index (χ0) is 18.4. The lowest BCUT2D eigenvalue weighted by atomic mass is 9.98. The average Bonchev–Trinajstić information content (AvgIpc) is 3.36. The molecule has 2 aliphatic rings. The molecular weight excluding hydrogens is 451 g/mol. The number of nitrogens with one attached hydrogen (secondary N) is 1. The van der Waals surface area contributed by atoms with E-state index < -0.39 is 0 Å². The first-order valence-corrected chi connectivity index (χ1v) is 9.70. The Balaban J connectivity index is 0.00000261. The summed E-state index contributed by atoms with van der Waals surface area (Å²) >= 11 is 0. The van der Waals surface area contributed by atoms with Crippen molar-refractivity contribution in [1.29, 1.82) is 0 Å². The Hall–Kier alpha value is -1.28. The number of benzene rings is 1. The summed E-state index contributed by atoms with van der Waals surface area (Å²) in [5.74, 6) is 2.46. The van der Waals surface area contributed by atoms with Gasteiger partial charge in [0.15, 0.2) is 5.96 Å². The number of likely N-dealkylation sites (tertiary alicyclic amines) is 1. The van der Waals surface area contributed by atoms with Gasteiger partial charge in [0.25, 0.3) is 0 Å². The highest BCUT2D eigenvalue weighted by Crippen LogP contribution is 2.22. The first kappa shape index (κ1) is 22.0. The van der Waals surface area contributed by atoms with Crippen molar-refractivity contribution in [3.05, 3.63) is 42.0 Å². The Kier molecular flexibility index (Phi) is 8.89. The minimum Gasteiger partial charge on any atom is -0.497 e. The molecule has 2 aliphatic heterocycles. The molecule has 2 unspecified atom stereocenters. The molecule has 0 aromatic heterocycles. The molecule has 0 spiro atoms. The van der Waals surface area contributed by atoms with Crippen LogP contribution in [0.2, 0.25) is 0 Å². The number of halogens is 1. The summed E-state index contributed by atoms with van der Waals surface area (Å²) in [4.78, 5) is 9.46. The molecule has 1 fully saturated rings. The van der Waals surface area contributed by atoms with Crippen LogP contribution in [0.25, 0.3) is 0 Å². The normalized spacial score (nSPS) is 21.2. The molecule has 0 amide bonds. The van der Waals surface area contributed by atoms with Crippen molar-refractivity contribution in [2.75, 3.05) is 46.9 Å². The summed E-state index contributed by atoms with van der Waals surface area (Å²) < 4.78 is 5.24. The number of nitrogens with zero attached hydrogens (tertiary/aromatic N) is 3. The van der Waals surface area contributed by atoms with Crippen LogP contribution in [0.3, 0.4) is 0 Å². The SMILES string of the molecule is CN=C(NCCC(C)c1ccc(OC)cc1)N1CCC(N2CC=CC2)C1.I. The Labute approximate surface area is 180 Å². The van der Waals surface area contributed by atoms with Crippen LogP contribution >= 0.6 is 24.0 Å². The second kappa shape index (κ2) is 10.9. The zero-order valence-corrected chi connectivity index (χ0v) is 19.1. The summed E-state index contributed by atoms with van der Waals surface area (Å²) in [6.07, 6.45) is 6.86. The number of aliphatic imine (C=N–C) groups is 1. The second-order valence-corrected chi connectivity index (χ2v) is 7.25. The lowest BCUT2D eigenvalue weighted by molar-refractivity contribution is 0.259. The maximum absolute atomic E-state index is 5.24. The first-order valence-electron chi connectivity index (χ1n) is 9.70. The highest BCUT2D eigenvalue weighted by molar-refractivity contribution is 14.0. The molecule has 150 valence electrons. The third kappa shape index (κ3) is 5.85. The zero-order valence-electron chi connectivity index (χ0n) is 16.7. The van der Waals surface area contributed by atoms with Gasteiger partial charge in [-0.15, -0.1) is 24.0 Å². The number of hydrogen-bond donors (Lipinski definition) is 1. The molecule has 1 aromatic carbocycles. The highest BCUT2D eigenvalue weighted by atomic mass is 127. The maximum atomic E-state index is 5.24. The molecule has 3 rings (SSSR count). The highest BCUT2D eigenvalue weighted by Gasteiger charge is 2.29. The van der Waals surface area contributed by atoms with Crippen LogP contribution in [0.15, 0.2) is 41.4 Å². The van der Waals surface area contributed by atoms with Crippen molar-refractivity contribution >= 4 is 29.9 Å². The van der Waals surface area contributed by atoms with Crippen molar-refractivity contribution in [3.63, 3.8) is 0 Å². The van der Waals surface area contributed by atoms with Crippen LogP contribution in [-0.2, 0) is 0 Å². The van der Waals surface area contributed by atoms with E-state index in [1.165, 1.54) is 12.0 Å². The van der Waals surface area contributed by atoms with Crippen molar-refractivity contribution < 1.29 is 4.74 Å². The van der Waals surface area contributed by atoms with E-state index in [9.17, 15) is 0 Å². The van der Waals surface area contributed by atoms with E-state index in [0.717, 1.165) is 50.9 Å². The Bertz CT molecular complexity index is 624. The fraction of sp³-hybridized carbons (Fsp3) is 0.571. The van der Waals surface area contributed by atoms with Crippen molar-refractivity contribution in [3.8, 4) is 5.75 Å². The van der Waals surface area contributed by atoms with Crippen LogP contribution in [0, 0.1) is 0 Å². The molecule has 2 heterocycles. The Morgan fingerprint density at radius 2 is 1.96 bits per heavy atom. The largest absolute Gasteiger partial charge is 0.497 e. The smallest absolute Gasteiger partial charge is 0.193 e. The molecule has 2 atom stereocenters. The monoisotopic (exact) mass is 484 g/mol. The van der Waals surface area contributed by atoms with Gasteiger partial charge in [-0.2, -0.15) is 0 Å².